The molecule has 1 aromatic heterocycles. The highest BCUT2D eigenvalue weighted by atomic mass is 16.6. The van der Waals surface area contributed by atoms with E-state index in [1.807, 2.05) is 30.3 Å². The Morgan fingerprint density at radius 2 is 1.65 bits per heavy atom. The standard InChI is InChI=1S/C23H33NO7/c25-15-19-20(26)22(21(27)23(28)31-19)30-13-6-4-2-1-3-5-12-29-17-9-10-18-16(14-17)8-7-11-24-18/h7-11,14,19-23,25-28H,1-6,12-13,15H2/t19-,20-,21-,22+,23?/m0/s1. The lowest BCUT2D eigenvalue weighted by molar-refractivity contribution is -0.294. The summed E-state index contributed by atoms with van der Waals surface area (Å²) in [6.45, 7) is 0.596. The summed E-state index contributed by atoms with van der Waals surface area (Å²) in [5.74, 6) is 0.865. The first-order valence-electron chi connectivity index (χ1n) is 11.0. The van der Waals surface area contributed by atoms with Gasteiger partial charge in [0.15, 0.2) is 6.29 Å². The van der Waals surface area contributed by atoms with Crippen molar-refractivity contribution in [3.63, 3.8) is 0 Å². The first kappa shape index (κ1) is 23.8. The lowest BCUT2D eigenvalue weighted by Gasteiger charge is -2.39. The van der Waals surface area contributed by atoms with Gasteiger partial charge in [-0.15, -0.1) is 0 Å². The largest absolute Gasteiger partial charge is 0.494 e. The maximum atomic E-state index is 10.1. The molecule has 3 rings (SSSR count). The maximum Gasteiger partial charge on any atom is 0.184 e. The molecular weight excluding hydrogens is 402 g/mol. The van der Waals surface area contributed by atoms with E-state index in [4.69, 9.17) is 14.2 Å². The van der Waals surface area contributed by atoms with Gasteiger partial charge < -0.3 is 34.6 Å². The number of aromatic nitrogens is 1. The number of ether oxygens (including phenoxy) is 3. The number of rotatable bonds is 12. The molecule has 31 heavy (non-hydrogen) atoms. The molecule has 0 aliphatic carbocycles. The normalized spacial score (nSPS) is 26.3. The molecule has 0 bridgehead atoms. The van der Waals surface area contributed by atoms with Crippen molar-refractivity contribution in [3.8, 4) is 5.75 Å². The number of hydrogen-bond donors (Lipinski definition) is 4. The van der Waals surface area contributed by atoms with Crippen LogP contribution in [-0.4, -0.2) is 75.9 Å². The van der Waals surface area contributed by atoms with Crippen molar-refractivity contribution < 1.29 is 34.6 Å². The van der Waals surface area contributed by atoms with Gasteiger partial charge in [0.05, 0.1) is 18.7 Å². The highest BCUT2D eigenvalue weighted by molar-refractivity contribution is 5.79. The van der Waals surface area contributed by atoms with Gasteiger partial charge in [-0.25, -0.2) is 0 Å². The molecule has 5 atom stereocenters. The van der Waals surface area contributed by atoms with Gasteiger partial charge in [0.25, 0.3) is 0 Å². The molecule has 0 radical (unpaired) electrons. The first-order valence-corrected chi connectivity index (χ1v) is 11.0. The number of fused-ring (bicyclic) bond motifs is 1. The lowest BCUT2D eigenvalue weighted by atomic mass is 9.99. The average molecular weight is 436 g/mol. The third kappa shape index (κ3) is 6.83. The van der Waals surface area contributed by atoms with Crippen LogP contribution in [0.2, 0.25) is 0 Å². The Labute approximate surface area is 182 Å². The van der Waals surface area contributed by atoms with Crippen molar-refractivity contribution in [3.05, 3.63) is 36.5 Å². The van der Waals surface area contributed by atoms with Crippen molar-refractivity contribution >= 4 is 10.9 Å². The van der Waals surface area contributed by atoms with Crippen molar-refractivity contribution in [2.45, 2.75) is 69.2 Å². The molecule has 4 N–H and O–H groups in total. The molecule has 2 heterocycles. The van der Waals surface area contributed by atoms with E-state index in [0.29, 0.717) is 13.2 Å². The van der Waals surface area contributed by atoms with Crippen LogP contribution < -0.4 is 4.74 Å². The molecule has 1 unspecified atom stereocenters. The quantitative estimate of drug-likeness (QED) is 0.372. The zero-order chi connectivity index (χ0) is 22.1. The van der Waals surface area contributed by atoms with Crippen LogP contribution in [0.15, 0.2) is 36.5 Å². The number of benzene rings is 1. The van der Waals surface area contributed by atoms with Crippen molar-refractivity contribution in [2.75, 3.05) is 19.8 Å². The van der Waals surface area contributed by atoms with E-state index >= 15 is 0 Å². The van der Waals surface area contributed by atoms with Gasteiger partial charge in [0.1, 0.15) is 30.2 Å². The molecular formula is C23H33NO7. The Balaban J connectivity index is 1.22. The summed E-state index contributed by atoms with van der Waals surface area (Å²) < 4.78 is 16.3. The molecule has 2 aromatic rings. The summed E-state index contributed by atoms with van der Waals surface area (Å²) in [4.78, 5) is 4.30. The zero-order valence-electron chi connectivity index (χ0n) is 17.7. The van der Waals surface area contributed by atoms with Gasteiger partial charge in [-0.1, -0.05) is 31.7 Å². The number of unbranched alkanes of at least 4 members (excludes halogenated alkanes) is 5. The zero-order valence-corrected chi connectivity index (χ0v) is 17.7. The van der Waals surface area contributed by atoms with E-state index in [1.165, 1.54) is 0 Å². The van der Waals surface area contributed by atoms with Gasteiger partial charge in [0, 0.05) is 18.2 Å². The Hall–Kier alpha value is -1.81. The van der Waals surface area contributed by atoms with Crippen LogP contribution in [0.4, 0.5) is 0 Å². The van der Waals surface area contributed by atoms with Crippen LogP contribution in [0, 0.1) is 0 Å². The summed E-state index contributed by atoms with van der Waals surface area (Å²) >= 11 is 0. The maximum absolute atomic E-state index is 10.1. The fourth-order valence-corrected chi connectivity index (χ4v) is 3.73. The van der Waals surface area contributed by atoms with Crippen molar-refractivity contribution in [1.82, 2.24) is 4.98 Å². The summed E-state index contributed by atoms with van der Waals surface area (Å²) in [6, 6.07) is 9.87. The van der Waals surface area contributed by atoms with Gasteiger partial charge in [-0.2, -0.15) is 0 Å². The molecule has 1 aliphatic rings. The van der Waals surface area contributed by atoms with Crippen molar-refractivity contribution in [2.24, 2.45) is 0 Å². The van der Waals surface area contributed by atoms with E-state index in [1.54, 1.807) is 6.20 Å². The number of hydrogen-bond acceptors (Lipinski definition) is 8. The molecule has 0 amide bonds. The molecule has 8 heteroatoms. The van der Waals surface area contributed by atoms with E-state index in [9.17, 15) is 20.4 Å². The lowest BCUT2D eigenvalue weighted by Crippen LogP contribution is -2.59. The molecule has 1 aliphatic heterocycles. The monoisotopic (exact) mass is 435 g/mol. The van der Waals surface area contributed by atoms with Gasteiger partial charge in [-0.3, -0.25) is 4.98 Å². The smallest absolute Gasteiger partial charge is 0.184 e. The predicted octanol–water partition coefficient (Wildman–Crippen LogP) is 1.77. The topological polar surface area (TPSA) is 122 Å². The molecule has 0 spiro atoms. The number of aliphatic hydroxyl groups is 4. The fraction of sp³-hybridized carbons (Fsp3) is 0.609. The second-order valence-electron chi connectivity index (χ2n) is 7.89. The van der Waals surface area contributed by atoms with Crippen LogP contribution in [0.3, 0.4) is 0 Å². The highest BCUT2D eigenvalue weighted by Crippen LogP contribution is 2.23. The Bertz CT molecular complexity index is 789. The van der Waals surface area contributed by atoms with Crippen LogP contribution in [0.1, 0.15) is 38.5 Å². The van der Waals surface area contributed by atoms with Crippen LogP contribution in [0.5, 0.6) is 5.75 Å². The summed E-state index contributed by atoms with van der Waals surface area (Å²) in [7, 11) is 0. The van der Waals surface area contributed by atoms with E-state index in [2.05, 4.69) is 4.98 Å². The van der Waals surface area contributed by atoms with Gasteiger partial charge in [0.2, 0.25) is 0 Å². The van der Waals surface area contributed by atoms with Crippen LogP contribution in [-0.2, 0) is 9.47 Å². The second-order valence-corrected chi connectivity index (χ2v) is 7.89. The van der Waals surface area contributed by atoms with Gasteiger partial charge >= 0.3 is 0 Å². The minimum absolute atomic E-state index is 0.365. The minimum Gasteiger partial charge on any atom is -0.494 e. The third-order valence-electron chi connectivity index (χ3n) is 5.53. The van der Waals surface area contributed by atoms with Crippen molar-refractivity contribution in [1.29, 1.82) is 0 Å². The van der Waals surface area contributed by atoms with E-state index in [-0.39, 0.29) is 0 Å². The SMILES string of the molecule is OC[C@@H]1OC(O)[C@@H](O)[C@H](OCCCCCCCCOc2ccc3ncccc3c2)[C@H]1O. The Morgan fingerprint density at radius 3 is 2.42 bits per heavy atom. The summed E-state index contributed by atoms with van der Waals surface area (Å²) in [5, 5.41) is 39.9. The number of aliphatic hydroxyl groups excluding tert-OH is 4. The average Bonchev–Trinajstić information content (AvgIpc) is 2.79. The highest BCUT2D eigenvalue weighted by Gasteiger charge is 2.44. The predicted molar refractivity (Wildman–Crippen MR) is 115 cm³/mol. The van der Waals surface area contributed by atoms with Crippen LogP contribution >= 0.6 is 0 Å². The summed E-state index contributed by atoms with van der Waals surface area (Å²) in [6.07, 6.45) is 1.85. The number of pyridine rings is 1. The van der Waals surface area contributed by atoms with E-state index in [0.717, 1.165) is 55.2 Å². The molecule has 1 fully saturated rings. The number of nitrogens with zero attached hydrogens (tertiary/aromatic N) is 1. The fourth-order valence-electron chi connectivity index (χ4n) is 3.73. The third-order valence-corrected chi connectivity index (χ3v) is 5.53. The minimum atomic E-state index is -1.47. The molecule has 0 saturated carbocycles. The van der Waals surface area contributed by atoms with Gasteiger partial charge in [-0.05, 0) is 37.1 Å². The Kier molecular flexibility index (Phi) is 9.45. The summed E-state index contributed by atoms with van der Waals surface area (Å²) in [5.41, 5.74) is 0.962. The molecule has 1 saturated heterocycles. The van der Waals surface area contributed by atoms with E-state index < -0.39 is 37.3 Å². The molecule has 1 aromatic carbocycles. The Morgan fingerprint density at radius 1 is 0.903 bits per heavy atom. The first-order chi connectivity index (χ1) is 15.1. The molecule has 8 nitrogen and oxygen atoms in total. The second kappa shape index (κ2) is 12.3. The van der Waals surface area contributed by atoms with Crippen LogP contribution in [0.25, 0.3) is 10.9 Å². The molecule has 172 valence electrons.